The number of aliphatic hydroxyl groups excluding tert-OH is 1. The Morgan fingerprint density at radius 2 is 2.11 bits per heavy atom. The highest BCUT2D eigenvalue weighted by Gasteiger charge is 2.09. The first-order chi connectivity index (χ1) is 8.56. The summed E-state index contributed by atoms with van der Waals surface area (Å²) in [6.45, 7) is 3.95. The van der Waals surface area contributed by atoms with Crippen LogP contribution in [0.5, 0.6) is 0 Å². The zero-order chi connectivity index (χ0) is 13.1. The van der Waals surface area contributed by atoms with Crippen LogP contribution in [-0.4, -0.2) is 14.7 Å². The maximum absolute atomic E-state index is 11.7. The maximum atomic E-state index is 11.7. The first-order valence-corrected chi connectivity index (χ1v) is 5.84. The number of benzene rings is 1. The molecular formula is C14H16N2O2. The summed E-state index contributed by atoms with van der Waals surface area (Å²) in [6.07, 6.45) is 0.767. The van der Waals surface area contributed by atoms with Crippen LogP contribution in [0.4, 0.5) is 0 Å². The molecule has 4 nitrogen and oxygen atoms in total. The van der Waals surface area contributed by atoms with Gasteiger partial charge in [-0.05, 0) is 19.4 Å². The first kappa shape index (κ1) is 12.5. The monoisotopic (exact) mass is 244 g/mol. The van der Waals surface area contributed by atoms with Crippen LogP contribution in [0.25, 0.3) is 0 Å². The lowest BCUT2D eigenvalue weighted by atomic mass is 10.1. The third kappa shape index (κ3) is 2.84. The predicted octanol–water partition coefficient (Wildman–Crippen LogP) is 1.59. The summed E-state index contributed by atoms with van der Waals surface area (Å²) >= 11 is 0. The van der Waals surface area contributed by atoms with Gasteiger partial charge >= 0.3 is 0 Å². The van der Waals surface area contributed by atoms with E-state index in [1.54, 1.807) is 6.92 Å². The number of nitrogens with zero attached hydrogens (tertiary/aromatic N) is 2. The van der Waals surface area contributed by atoms with Crippen LogP contribution in [0.15, 0.2) is 41.5 Å². The molecule has 0 saturated carbocycles. The fraction of sp³-hybridized carbons (Fsp3) is 0.286. The molecule has 1 aromatic heterocycles. The maximum Gasteiger partial charge on any atom is 0.253 e. The van der Waals surface area contributed by atoms with E-state index in [1.165, 1.54) is 17.0 Å². The number of aromatic nitrogens is 2. The van der Waals surface area contributed by atoms with E-state index in [1.807, 2.05) is 31.2 Å². The Hall–Kier alpha value is -1.94. The first-order valence-electron chi connectivity index (χ1n) is 5.84. The Kier molecular flexibility index (Phi) is 3.58. The van der Waals surface area contributed by atoms with Crippen molar-refractivity contribution in [3.8, 4) is 0 Å². The van der Waals surface area contributed by atoms with Gasteiger partial charge in [0.15, 0.2) is 0 Å². The summed E-state index contributed by atoms with van der Waals surface area (Å²) in [5.41, 5.74) is 2.43. The quantitative estimate of drug-likeness (QED) is 0.892. The summed E-state index contributed by atoms with van der Waals surface area (Å²) in [6, 6.07) is 9.09. The van der Waals surface area contributed by atoms with E-state index in [0.717, 1.165) is 11.1 Å². The van der Waals surface area contributed by atoms with Crippen LogP contribution in [0.1, 0.15) is 22.9 Å². The SMILES string of the molecule is Cc1cccc(C(O)Cn2cnc(C)cc2=O)c1. The van der Waals surface area contributed by atoms with E-state index in [9.17, 15) is 9.90 Å². The molecule has 0 fully saturated rings. The topological polar surface area (TPSA) is 55.1 Å². The lowest BCUT2D eigenvalue weighted by molar-refractivity contribution is 0.154. The highest BCUT2D eigenvalue weighted by molar-refractivity contribution is 5.23. The second-order valence-corrected chi connectivity index (χ2v) is 4.45. The minimum Gasteiger partial charge on any atom is -0.387 e. The molecule has 0 radical (unpaired) electrons. The Balaban J connectivity index is 2.21. The van der Waals surface area contributed by atoms with E-state index >= 15 is 0 Å². The minimum absolute atomic E-state index is 0.144. The number of hydrogen-bond acceptors (Lipinski definition) is 3. The normalized spacial score (nSPS) is 12.4. The van der Waals surface area contributed by atoms with Crippen LogP contribution in [0, 0.1) is 13.8 Å². The molecule has 1 heterocycles. The number of aryl methyl sites for hydroxylation is 2. The summed E-state index contributed by atoms with van der Waals surface area (Å²) < 4.78 is 1.42. The average Bonchev–Trinajstić information content (AvgIpc) is 2.32. The standard InChI is InChI=1S/C14H16N2O2/c1-10-4-3-5-12(6-10)13(17)8-16-9-15-11(2)7-14(16)18/h3-7,9,13,17H,8H2,1-2H3. The van der Waals surface area contributed by atoms with E-state index < -0.39 is 6.10 Å². The zero-order valence-corrected chi connectivity index (χ0v) is 10.5. The van der Waals surface area contributed by atoms with Crippen LogP contribution in [0.3, 0.4) is 0 Å². The smallest absolute Gasteiger partial charge is 0.253 e. The molecule has 1 aromatic carbocycles. The molecule has 0 aliphatic rings. The second kappa shape index (κ2) is 5.14. The van der Waals surface area contributed by atoms with Gasteiger partial charge < -0.3 is 5.11 Å². The second-order valence-electron chi connectivity index (χ2n) is 4.45. The van der Waals surface area contributed by atoms with E-state index in [2.05, 4.69) is 4.98 Å². The van der Waals surface area contributed by atoms with E-state index in [0.29, 0.717) is 5.69 Å². The third-order valence-corrected chi connectivity index (χ3v) is 2.81. The van der Waals surface area contributed by atoms with Gasteiger partial charge in [0.05, 0.1) is 19.0 Å². The van der Waals surface area contributed by atoms with Crippen molar-refractivity contribution >= 4 is 0 Å². The zero-order valence-electron chi connectivity index (χ0n) is 10.5. The van der Waals surface area contributed by atoms with Gasteiger partial charge in [0.1, 0.15) is 0 Å². The fourth-order valence-corrected chi connectivity index (χ4v) is 1.82. The largest absolute Gasteiger partial charge is 0.387 e. The molecule has 1 unspecified atom stereocenters. The van der Waals surface area contributed by atoms with Crippen molar-refractivity contribution in [3.63, 3.8) is 0 Å². The van der Waals surface area contributed by atoms with Crippen LogP contribution in [-0.2, 0) is 6.54 Å². The Morgan fingerprint density at radius 1 is 1.33 bits per heavy atom. The predicted molar refractivity (Wildman–Crippen MR) is 69.4 cm³/mol. The van der Waals surface area contributed by atoms with Crippen molar-refractivity contribution in [2.24, 2.45) is 0 Å². The number of hydrogen-bond donors (Lipinski definition) is 1. The minimum atomic E-state index is -0.702. The number of aliphatic hydroxyl groups is 1. The highest BCUT2D eigenvalue weighted by atomic mass is 16.3. The van der Waals surface area contributed by atoms with E-state index in [4.69, 9.17) is 0 Å². The molecule has 2 aromatic rings. The molecule has 0 bridgehead atoms. The molecule has 2 rings (SSSR count). The molecule has 4 heteroatoms. The van der Waals surface area contributed by atoms with Gasteiger partial charge in [0.25, 0.3) is 5.56 Å². The highest BCUT2D eigenvalue weighted by Crippen LogP contribution is 2.15. The van der Waals surface area contributed by atoms with Crippen molar-refractivity contribution < 1.29 is 5.11 Å². The Labute approximate surface area is 106 Å². The molecule has 94 valence electrons. The fourth-order valence-electron chi connectivity index (χ4n) is 1.82. The molecule has 0 aliphatic carbocycles. The third-order valence-electron chi connectivity index (χ3n) is 2.81. The summed E-state index contributed by atoms with van der Waals surface area (Å²) in [4.78, 5) is 15.7. The molecule has 0 amide bonds. The van der Waals surface area contributed by atoms with Gasteiger partial charge in [0, 0.05) is 11.8 Å². The van der Waals surface area contributed by atoms with Crippen molar-refractivity contribution in [1.82, 2.24) is 9.55 Å². The molecule has 18 heavy (non-hydrogen) atoms. The van der Waals surface area contributed by atoms with Gasteiger partial charge in [-0.15, -0.1) is 0 Å². The van der Waals surface area contributed by atoms with Crippen LogP contribution < -0.4 is 5.56 Å². The van der Waals surface area contributed by atoms with Crippen molar-refractivity contribution in [1.29, 1.82) is 0 Å². The van der Waals surface area contributed by atoms with Crippen LogP contribution in [0.2, 0.25) is 0 Å². The van der Waals surface area contributed by atoms with Gasteiger partial charge in [-0.1, -0.05) is 29.8 Å². The Morgan fingerprint density at radius 3 is 2.78 bits per heavy atom. The van der Waals surface area contributed by atoms with Gasteiger partial charge in [-0.2, -0.15) is 0 Å². The van der Waals surface area contributed by atoms with E-state index in [-0.39, 0.29) is 12.1 Å². The van der Waals surface area contributed by atoms with Crippen LogP contribution >= 0.6 is 0 Å². The van der Waals surface area contributed by atoms with Gasteiger partial charge in [-0.25, -0.2) is 4.98 Å². The molecule has 0 spiro atoms. The molecular weight excluding hydrogens is 228 g/mol. The molecule has 1 atom stereocenters. The molecule has 1 N–H and O–H groups in total. The van der Waals surface area contributed by atoms with Gasteiger partial charge in [0.2, 0.25) is 0 Å². The average molecular weight is 244 g/mol. The molecule has 0 aliphatic heterocycles. The Bertz CT molecular complexity index is 605. The molecule has 0 saturated heterocycles. The lowest BCUT2D eigenvalue weighted by Gasteiger charge is -2.13. The summed E-state index contributed by atoms with van der Waals surface area (Å²) in [7, 11) is 0. The summed E-state index contributed by atoms with van der Waals surface area (Å²) in [5.74, 6) is 0. The van der Waals surface area contributed by atoms with Gasteiger partial charge in [-0.3, -0.25) is 9.36 Å². The lowest BCUT2D eigenvalue weighted by Crippen LogP contribution is -2.23. The summed E-state index contributed by atoms with van der Waals surface area (Å²) in [5, 5.41) is 10.1. The van der Waals surface area contributed by atoms with Crippen molar-refractivity contribution in [3.05, 3.63) is 63.8 Å². The van der Waals surface area contributed by atoms with Crippen molar-refractivity contribution in [2.45, 2.75) is 26.5 Å². The van der Waals surface area contributed by atoms with Crippen molar-refractivity contribution in [2.75, 3.05) is 0 Å². The number of rotatable bonds is 3.